The summed E-state index contributed by atoms with van der Waals surface area (Å²) in [7, 11) is 0. The summed E-state index contributed by atoms with van der Waals surface area (Å²) in [5, 5.41) is 2.97. The Kier molecular flexibility index (Phi) is 5.12. The van der Waals surface area contributed by atoms with Crippen LogP contribution in [0.5, 0.6) is 0 Å². The molecule has 0 aromatic heterocycles. The van der Waals surface area contributed by atoms with E-state index in [1.54, 1.807) is 0 Å². The molecular formula is C15H21N3O2. The van der Waals surface area contributed by atoms with Crippen LogP contribution in [0.2, 0.25) is 0 Å². The van der Waals surface area contributed by atoms with Gasteiger partial charge in [-0.2, -0.15) is 0 Å². The van der Waals surface area contributed by atoms with Gasteiger partial charge < -0.3 is 16.0 Å². The molecule has 5 nitrogen and oxygen atoms in total. The van der Waals surface area contributed by atoms with E-state index in [2.05, 4.69) is 5.32 Å². The minimum Gasteiger partial charge on any atom is -0.347 e. The van der Waals surface area contributed by atoms with Crippen LogP contribution < -0.4 is 11.1 Å². The lowest BCUT2D eigenvalue weighted by molar-refractivity contribution is -0.129. The summed E-state index contributed by atoms with van der Waals surface area (Å²) in [5.74, 6) is 0.0898. The molecule has 0 saturated carbocycles. The minimum atomic E-state index is -0.169. The van der Waals surface area contributed by atoms with Crippen LogP contribution >= 0.6 is 0 Å². The van der Waals surface area contributed by atoms with Crippen LogP contribution in [-0.2, 0) is 9.59 Å². The predicted molar refractivity (Wildman–Crippen MR) is 76.8 cm³/mol. The highest BCUT2D eigenvalue weighted by atomic mass is 16.2. The van der Waals surface area contributed by atoms with E-state index in [0.29, 0.717) is 25.9 Å². The molecule has 2 rings (SSSR count). The van der Waals surface area contributed by atoms with Crippen molar-refractivity contribution in [3.63, 3.8) is 0 Å². The van der Waals surface area contributed by atoms with E-state index in [4.69, 9.17) is 5.73 Å². The molecule has 5 heteroatoms. The van der Waals surface area contributed by atoms with Crippen molar-refractivity contribution in [2.45, 2.75) is 25.3 Å². The van der Waals surface area contributed by atoms with Gasteiger partial charge in [-0.05, 0) is 12.0 Å². The molecule has 108 valence electrons. The number of hydrogen-bond donors (Lipinski definition) is 2. The second-order valence-corrected chi connectivity index (χ2v) is 5.01. The summed E-state index contributed by atoms with van der Waals surface area (Å²) >= 11 is 0. The van der Waals surface area contributed by atoms with Crippen LogP contribution in [0.15, 0.2) is 30.3 Å². The third kappa shape index (κ3) is 3.81. The quantitative estimate of drug-likeness (QED) is 0.807. The average molecular weight is 275 g/mol. The molecule has 1 atom stereocenters. The van der Waals surface area contributed by atoms with E-state index in [1.807, 2.05) is 35.2 Å². The first-order valence-corrected chi connectivity index (χ1v) is 7.03. The average Bonchev–Trinajstić information content (AvgIpc) is 2.85. The van der Waals surface area contributed by atoms with Gasteiger partial charge in [-0.15, -0.1) is 0 Å². The van der Waals surface area contributed by atoms with E-state index in [0.717, 1.165) is 18.5 Å². The normalized spacial score (nSPS) is 16.2. The summed E-state index contributed by atoms with van der Waals surface area (Å²) in [6.45, 7) is 1.63. The van der Waals surface area contributed by atoms with E-state index in [1.165, 1.54) is 0 Å². The van der Waals surface area contributed by atoms with Gasteiger partial charge in [-0.1, -0.05) is 30.3 Å². The van der Waals surface area contributed by atoms with Crippen LogP contribution in [0.3, 0.4) is 0 Å². The SMILES string of the molecule is NCCC(=O)NC(CN1CCCC1=O)c1ccccc1. The largest absolute Gasteiger partial charge is 0.347 e. The zero-order valence-electron chi connectivity index (χ0n) is 11.5. The Morgan fingerprint density at radius 2 is 2.10 bits per heavy atom. The first-order chi connectivity index (χ1) is 9.70. The van der Waals surface area contributed by atoms with Gasteiger partial charge in [-0.25, -0.2) is 0 Å². The lowest BCUT2D eigenvalue weighted by Crippen LogP contribution is -2.39. The van der Waals surface area contributed by atoms with Gasteiger partial charge >= 0.3 is 0 Å². The highest BCUT2D eigenvalue weighted by Crippen LogP contribution is 2.18. The monoisotopic (exact) mass is 275 g/mol. The molecule has 2 amide bonds. The first kappa shape index (κ1) is 14.5. The number of hydrogen-bond acceptors (Lipinski definition) is 3. The Morgan fingerprint density at radius 3 is 2.70 bits per heavy atom. The smallest absolute Gasteiger partial charge is 0.222 e. The molecule has 1 unspecified atom stereocenters. The van der Waals surface area contributed by atoms with E-state index >= 15 is 0 Å². The number of rotatable bonds is 6. The molecule has 3 N–H and O–H groups in total. The first-order valence-electron chi connectivity index (χ1n) is 7.03. The zero-order valence-corrected chi connectivity index (χ0v) is 11.5. The molecular weight excluding hydrogens is 254 g/mol. The highest BCUT2D eigenvalue weighted by Gasteiger charge is 2.25. The van der Waals surface area contributed by atoms with E-state index in [-0.39, 0.29) is 17.9 Å². The van der Waals surface area contributed by atoms with Crippen LogP contribution in [-0.4, -0.2) is 36.3 Å². The lowest BCUT2D eigenvalue weighted by Gasteiger charge is -2.25. The molecule has 1 fully saturated rings. The molecule has 20 heavy (non-hydrogen) atoms. The fourth-order valence-electron chi connectivity index (χ4n) is 2.43. The summed E-state index contributed by atoms with van der Waals surface area (Å²) in [4.78, 5) is 25.4. The lowest BCUT2D eigenvalue weighted by atomic mass is 10.1. The molecule has 1 aliphatic heterocycles. The molecule has 1 heterocycles. The minimum absolute atomic E-state index is 0.0759. The summed E-state index contributed by atoms with van der Waals surface area (Å²) < 4.78 is 0. The van der Waals surface area contributed by atoms with Crippen LogP contribution in [0, 0.1) is 0 Å². The molecule has 1 aromatic carbocycles. The van der Waals surface area contributed by atoms with Gasteiger partial charge in [-0.3, -0.25) is 9.59 Å². The van der Waals surface area contributed by atoms with Gasteiger partial charge in [0, 0.05) is 32.5 Å². The van der Waals surface area contributed by atoms with E-state index in [9.17, 15) is 9.59 Å². The molecule has 0 bridgehead atoms. The van der Waals surface area contributed by atoms with Crippen molar-refractivity contribution in [2.24, 2.45) is 5.73 Å². The molecule has 0 aliphatic carbocycles. The Hall–Kier alpha value is -1.88. The Bertz CT molecular complexity index is 461. The highest BCUT2D eigenvalue weighted by molar-refractivity contribution is 5.79. The summed E-state index contributed by atoms with van der Waals surface area (Å²) in [6, 6.07) is 9.56. The van der Waals surface area contributed by atoms with Crippen LogP contribution in [0.4, 0.5) is 0 Å². The number of nitrogens with zero attached hydrogens (tertiary/aromatic N) is 1. The number of nitrogens with two attached hydrogens (primary N) is 1. The topological polar surface area (TPSA) is 75.4 Å². The van der Waals surface area contributed by atoms with Crippen LogP contribution in [0.1, 0.15) is 30.9 Å². The van der Waals surface area contributed by atoms with E-state index < -0.39 is 0 Å². The number of nitrogens with one attached hydrogen (secondary N) is 1. The third-order valence-electron chi connectivity index (χ3n) is 3.48. The maximum Gasteiger partial charge on any atom is 0.222 e. The van der Waals surface area contributed by atoms with Crippen molar-refractivity contribution in [3.8, 4) is 0 Å². The summed E-state index contributed by atoms with van der Waals surface area (Å²) in [6.07, 6.45) is 1.81. The van der Waals surface area contributed by atoms with Gasteiger partial charge in [0.1, 0.15) is 0 Å². The summed E-state index contributed by atoms with van der Waals surface area (Å²) in [5.41, 5.74) is 6.42. The van der Waals surface area contributed by atoms with Crippen molar-refractivity contribution in [1.29, 1.82) is 0 Å². The second-order valence-electron chi connectivity index (χ2n) is 5.01. The van der Waals surface area contributed by atoms with Crippen molar-refractivity contribution in [2.75, 3.05) is 19.6 Å². The zero-order chi connectivity index (χ0) is 14.4. The third-order valence-corrected chi connectivity index (χ3v) is 3.48. The maximum absolute atomic E-state index is 11.8. The van der Waals surface area contributed by atoms with Gasteiger partial charge in [0.2, 0.25) is 11.8 Å². The fraction of sp³-hybridized carbons (Fsp3) is 0.467. The Labute approximate surface area is 119 Å². The van der Waals surface area contributed by atoms with Gasteiger partial charge in [0.05, 0.1) is 6.04 Å². The molecule has 1 aromatic rings. The van der Waals surface area contributed by atoms with Crippen molar-refractivity contribution < 1.29 is 9.59 Å². The number of carbonyl (C=O) groups excluding carboxylic acids is 2. The van der Waals surface area contributed by atoms with Crippen molar-refractivity contribution in [3.05, 3.63) is 35.9 Å². The number of carbonyl (C=O) groups is 2. The Morgan fingerprint density at radius 1 is 1.35 bits per heavy atom. The predicted octanol–water partition coefficient (Wildman–Crippen LogP) is 0.815. The van der Waals surface area contributed by atoms with Gasteiger partial charge in [0.25, 0.3) is 0 Å². The van der Waals surface area contributed by atoms with Gasteiger partial charge in [0.15, 0.2) is 0 Å². The fourth-order valence-corrected chi connectivity index (χ4v) is 2.43. The van der Waals surface area contributed by atoms with Crippen molar-refractivity contribution in [1.82, 2.24) is 10.2 Å². The maximum atomic E-state index is 11.8. The molecule has 0 radical (unpaired) electrons. The standard InChI is InChI=1S/C15H21N3O2/c16-9-8-14(19)17-13(12-5-2-1-3-6-12)11-18-10-4-7-15(18)20/h1-3,5-6,13H,4,7-11,16H2,(H,17,19). The number of benzene rings is 1. The molecule has 1 aliphatic rings. The molecule has 0 spiro atoms. The molecule has 1 saturated heterocycles. The number of amides is 2. The second kappa shape index (κ2) is 7.05. The van der Waals surface area contributed by atoms with Crippen molar-refractivity contribution >= 4 is 11.8 Å². The van der Waals surface area contributed by atoms with Crippen LogP contribution in [0.25, 0.3) is 0 Å². The Balaban J connectivity index is 2.07. The number of likely N-dealkylation sites (tertiary alicyclic amines) is 1.